The molecule has 0 fully saturated rings. The number of amides is 3. The Labute approximate surface area is 221 Å². The summed E-state index contributed by atoms with van der Waals surface area (Å²) >= 11 is 0. The van der Waals surface area contributed by atoms with E-state index >= 15 is 0 Å². The molecule has 0 saturated carbocycles. The van der Waals surface area contributed by atoms with Crippen molar-refractivity contribution in [1.29, 1.82) is 0 Å². The average Bonchev–Trinajstić information content (AvgIpc) is 2.92. The van der Waals surface area contributed by atoms with Gasteiger partial charge in [-0.2, -0.15) is 0 Å². The Kier molecular flexibility index (Phi) is 9.59. The predicted octanol–water partition coefficient (Wildman–Crippen LogP) is 4.52. The van der Waals surface area contributed by atoms with E-state index in [1.54, 1.807) is 79.7 Å². The fourth-order valence-corrected chi connectivity index (χ4v) is 3.61. The van der Waals surface area contributed by atoms with Crippen LogP contribution in [0.3, 0.4) is 0 Å². The molecule has 3 N–H and O–H groups in total. The van der Waals surface area contributed by atoms with Gasteiger partial charge in [0.1, 0.15) is 11.8 Å². The van der Waals surface area contributed by atoms with Crippen LogP contribution in [-0.4, -0.2) is 43.4 Å². The van der Waals surface area contributed by atoms with Crippen molar-refractivity contribution in [3.8, 4) is 5.75 Å². The second-order valence-corrected chi connectivity index (χ2v) is 8.71. The number of anilines is 2. The summed E-state index contributed by atoms with van der Waals surface area (Å²) in [6.07, 6.45) is 0. The molecule has 3 rings (SSSR count). The van der Waals surface area contributed by atoms with Crippen molar-refractivity contribution < 1.29 is 28.7 Å². The summed E-state index contributed by atoms with van der Waals surface area (Å²) in [5.41, 5.74) is 1.76. The highest BCUT2D eigenvalue weighted by Crippen LogP contribution is 2.19. The molecular formula is C29H31N3O6. The number of carbonyl (C=O) groups is 4. The lowest BCUT2D eigenvalue weighted by molar-refractivity contribution is -0.118. The molecule has 9 nitrogen and oxygen atoms in total. The fraction of sp³-hybridized carbons (Fsp3) is 0.241. The number of ether oxygens (including phenoxy) is 2. The molecule has 0 unspecified atom stereocenters. The lowest BCUT2D eigenvalue weighted by Crippen LogP contribution is -2.47. The first-order chi connectivity index (χ1) is 18.2. The minimum absolute atomic E-state index is 0.214. The first kappa shape index (κ1) is 27.9. The number of hydrogen-bond donors (Lipinski definition) is 3. The third kappa shape index (κ3) is 7.19. The van der Waals surface area contributed by atoms with Crippen molar-refractivity contribution >= 4 is 35.1 Å². The van der Waals surface area contributed by atoms with E-state index in [4.69, 9.17) is 9.47 Å². The molecular weight excluding hydrogens is 486 g/mol. The Morgan fingerprint density at radius 1 is 0.789 bits per heavy atom. The highest BCUT2D eigenvalue weighted by Gasteiger charge is 2.26. The molecule has 1 atom stereocenters. The van der Waals surface area contributed by atoms with Crippen LogP contribution in [0.1, 0.15) is 51.8 Å². The van der Waals surface area contributed by atoms with Crippen LogP contribution in [0.15, 0.2) is 72.8 Å². The van der Waals surface area contributed by atoms with Gasteiger partial charge < -0.3 is 25.4 Å². The van der Waals surface area contributed by atoms with E-state index in [1.165, 1.54) is 7.11 Å². The van der Waals surface area contributed by atoms with Crippen molar-refractivity contribution in [3.63, 3.8) is 0 Å². The van der Waals surface area contributed by atoms with E-state index in [2.05, 4.69) is 16.0 Å². The first-order valence-corrected chi connectivity index (χ1v) is 12.2. The summed E-state index contributed by atoms with van der Waals surface area (Å²) in [4.78, 5) is 50.9. The Hall–Kier alpha value is -4.66. The number of para-hydroxylation sites is 1. The number of hydrogen-bond acceptors (Lipinski definition) is 6. The van der Waals surface area contributed by atoms with Crippen LogP contribution < -0.4 is 20.7 Å². The van der Waals surface area contributed by atoms with Gasteiger partial charge in [-0.05, 0) is 73.5 Å². The molecule has 9 heteroatoms. The average molecular weight is 518 g/mol. The van der Waals surface area contributed by atoms with Crippen molar-refractivity contribution in [1.82, 2.24) is 5.32 Å². The predicted molar refractivity (Wildman–Crippen MR) is 145 cm³/mol. The van der Waals surface area contributed by atoms with E-state index in [0.29, 0.717) is 28.3 Å². The Morgan fingerprint density at radius 2 is 1.42 bits per heavy atom. The third-order valence-corrected chi connectivity index (χ3v) is 5.67. The van der Waals surface area contributed by atoms with Gasteiger partial charge >= 0.3 is 5.97 Å². The molecule has 38 heavy (non-hydrogen) atoms. The van der Waals surface area contributed by atoms with Gasteiger partial charge in [0.25, 0.3) is 11.8 Å². The maximum atomic E-state index is 13.2. The second kappa shape index (κ2) is 13.0. The monoisotopic (exact) mass is 517 g/mol. The molecule has 0 heterocycles. The highest BCUT2D eigenvalue weighted by atomic mass is 16.5. The maximum absolute atomic E-state index is 13.2. The topological polar surface area (TPSA) is 123 Å². The van der Waals surface area contributed by atoms with Crippen molar-refractivity contribution in [2.45, 2.75) is 26.8 Å². The van der Waals surface area contributed by atoms with Gasteiger partial charge in [-0.25, -0.2) is 4.79 Å². The number of rotatable bonds is 10. The van der Waals surface area contributed by atoms with Crippen LogP contribution >= 0.6 is 0 Å². The quantitative estimate of drug-likeness (QED) is 0.340. The number of methoxy groups -OCH3 is 1. The lowest BCUT2D eigenvalue weighted by atomic mass is 10.0. The first-order valence-electron chi connectivity index (χ1n) is 12.2. The van der Waals surface area contributed by atoms with Crippen LogP contribution in [0.25, 0.3) is 0 Å². The second-order valence-electron chi connectivity index (χ2n) is 8.71. The minimum Gasteiger partial charge on any atom is -0.497 e. The molecule has 0 aromatic heterocycles. The van der Waals surface area contributed by atoms with Crippen molar-refractivity contribution in [2.24, 2.45) is 5.92 Å². The molecule has 0 saturated heterocycles. The Bertz CT molecular complexity index is 1290. The smallest absolute Gasteiger partial charge is 0.338 e. The fourth-order valence-electron chi connectivity index (χ4n) is 3.61. The maximum Gasteiger partial charge on any atom is 0.338 e. The Morgan fingerprint density at radius 3 is 2.03 bits per heavy atom. The zero-order chi connectivity index (χ0) is 27.7. The SMILES string of the molecule is CCOC(=O)c1ccc(NC(=O)[C@@H](NC(=O)c2ccccc2NC(=O)c2ccc(OC)cc2)C(C)C)cc1. The van der Waals surface area contributed by atoms with Gasteiger partial charge in [0.05, 0.1) is 30.5 Å². The van der Waals surface area contributed by atoms with Crippen molar-refractivity contribution in [2.75, 3.05) is 24.4 Å². The summed E-state index contributed by atoms with van der Waals surface area (Å²) in [5, 5.41) is 8.31. The van der Waals surface area contributed by atoms with Gasteiger partial charge in [-0.1, -0.05) is 26.0 Å². The van der Waals surface area contributed by atoms with Gasteiger partial charge in [0, 0.05) is 11.3 Å². The van der Waals surface area contributed by atoms with E-state index in [-0.39, 0.29) is 18.1 Å². The summed E-state index contributed by atoms with van der Waals surface area (Å²) in [7, 11) is 1.54. The highest BCUT2D eigenvalue weighted by molar-refractivity contribution is 6.10. The van der Waals surface area contributed by atoms with Gasteiger partial charge in [0.2, 0.25) is 5.91 Å². The normalized spacial score (nSPS) is 11.3. The van der Waals surface area contributed by atoms with Crippen LogP contribution in [0.4, 0.5) is 11.4 Å². The van der Waals surface area contributed by atoms with E-state index in [0.717, 1.165) is 0 Å². The Balaban J connectivity index is 1.71. The standard InChI is InChI=1S/C29H31N3O6/c1-5-38-29(36)20-10-14-21(15-11-20)30-28(35)25(18(2)3)32-27(34)23-8-6-7-9-24(23)31-26(33)19-12-16-22(37-4)17-13-19/h6-18,25H,5H2,1-4H3,(H,30,35)(H,31,33)(H,32,34)/t25-/m0/s1. The van der Waals surface area contributed by atoms with Crippen LogP contribution in [0, 0.1) is 5.92 Å². The molecule has 3 amide bonds. The van der Waals surface area contributed by atoms with Gasteiger partial charge in [-0.15, -0.1) is 0 Å². The zero-order valence-corrected chi connectivity index (χ0v) is 21.7. The molecule has 0 bridgehead atoms. The summed E-state index contributed by atoms with van der Waals surface area (Å²) < 4.78 is 10.1. The van der Waals surface area contributed by atoms with E-state index in [9.17, 15) is 19.2 Å². The number of esters is 1. The van der Waals surface area contributed by atoms with E-state index < -0.39 is 29.7 Å². The van der Waals surface area contributed by atoms with Gasteiger partial charge in [0.15, 0.2) is 0 Å². The molecule has 3 aromatic carbocycles. The molecule has 0 aliphatic rings. The number of carbonyl (C=O) groups excluding carboxylic acids is 4. The summed E-state index contributed by atoms with van der Waals surface area (Å²) in [5.74, 6) is -1.39. The van der Waals surface area contributed by atoms with Crippen LogP contribution in [0.2, 0.25) is 0 Å². The minimum atomic E-state index is -0.863. The summed E-state index contributed by atoms with van der Waals surface area (Å²) in [6, 6.07) is 18.6. The van der Waals surface area contributed by atoms with E-state index in [1.807, 2.05) is 13.8 Å². The molecule has 198 valence electrons. The number of benzene rings is 3. The zero-order valence-electron chi connectivity index (χ0n) is 21.7. The van der Waals surface area contributed by atoms with Crippen molar-refractivity contribution in [3.05, 3.63) is 89.5 Å². The largest absolute Gasteiger partial charge is 0.497 e. The van der Waals surface area contributed by atoms with Crippen LogP contribution in [-0.2, 0) is 9.53 Å². The lowest BCUT2D eigenvalue weighted by Gasteiger charge is -2.22. The molecule has 0 radical (unpaired) electrons. The molecule has 0 spiro atoms. The number of nitrogens with one attached hydrogen (secondary N) is 3. The molecule has 3 aromatic rings. The van der Waals surface area contributed by atoms with Crippen LogP contribution in [0.5, 0.6) is 5.75 Å². The third-order valence-electron chi connectivity index (χ3n) is 5.67. The molecule has 0 aliphatic heterocycles. The van der Waals surface area contributed by atoms with Gasteiger partial charge in [-0.3, -0.25) is 14.4 Å². The summed E-state index contributed by atoms with van der Waals surface area (Å²) in [6.45, 7) is 5.61. The molecule has 0 aliphatic carbocycles.